The average Bonchev–Trinajstić information content (AvgIpc) is 2.50. The molecule has 0 bridgehead atoms. The highest BCUT2D eigenvalue weighted by Gasteiger charge is 2.17. The summed E-state index contributed by atoms with van der Waals surface area (Å²) in [6.07, 6.45) is 0.311. The number of carbonyl (C=O) groups is 1. The molecule has 1 radical (unpaired) electrons. The van der Waals surface area contributed by atoms with E-state index in [9.17, 15) is 4.79 Å². The third kappa shape index (κ3) is 3.93. The van der Waals surface area contributed by atoms with Gasteiger partial charge in [-0.3, -0.25) is 4.89 Å². The Kier molecular flexibility index (Phi) is 5.33. The van der Waals surface area contributed by atoms with Crippen LogP contribution in [0.15, 0.2) is 60.7 Å². The predicted octanol–water partition coefficient (Wildman–Crippen LogP) is 3.87. The van der Waals surface area contributed by atoms with Crippen molar-refractivity contribution in [3.63, 3.8) is 0 Å². The van der Waals surface area contributed by atoms with Crippen LogP contribution in [0.3, 0.4) is 0 Å². The van der Waals surface area contributed by atoms with Gasteiger partial charge in [-0.1, -0.05) is 67.6 Å². The Morgan fingerprint density at radius 3 is 1.90 bits per heavy atom. The van der Waals surface area contributed by atoms with Crippen LogP contribution in [-0.2, 0) is 14.6 Å². The minimum atomic E-state index is -0.425. The Labute approximate surface area is 119 Å². The molecule has 2 rings (SSSR count). The molecular formula is C17H17O3. The minimum absolute atomic E-state index is 0.246. The summed E-state index contributed by atoms with van der Waals surface area (Å²) in [5.74, 6) is -0.406. The van der Waals surface area contributed by atoms with E-state index in [0.29, 0.717) is 6.42 Å². The molecule has 2 aromatic carbocycles. The Hall–Kier alpha value is -2.13. The van der Waals surface area contributed by atoms with Gasteiger partial charge in [-0.2, -0.15) is 4.89 Å². The van der Waals surface area contributed by atoms with Gasteiger partial charge in [0.15, 0.2) is 6.10 Å². The smallest absolute Gasteiger partial charge is 0.297 e. The molecule has 0 saturated carbocycles. The monoisotopic (exact) mass is 269 g/mol. The Morgan fingerprint density at radius 2 is 1.45 bits per heavy atom. The number of hydrogen-bond acceptors (Lipinski definition) is 3. The van der Waals surface area contributed by atoms with Crippen molar-refractivity contribution in [2.45, 2.75) is 18.9 Å². The summed E-state index contributed by atoms with van der Waals surface area (Å²) < 4.78 is 0. The molecule has 0 atom stereocenters. The summed E-state index contributed by atoms with van der Waals surface area (Å²) in [7, 11) is 0. The second kappa shape index (κ2) is 7.46. The van der Waals surface area contributed by atoms with Crippen LogP contribution in [0.2, 0.25) is 0 Å². The summed E-state index contributed by atoms with van der Waals surface area (Å²) in [5, 5.41) is 0. The molecule has 0 saturated heterocycles. The van der Waals surface area contributed by atoms with Crippen LogP contribution in [0.5, 0.6) is 0 Å². The van der Waals surface area contributed by atoms with Gasteiger partial charge in [0.25, 0.3) is 0 Å². The van der Waals surface area contributed by atoms with Gasteiger partial charge in [-0.05, 0) is 17.5 Å². The first-order chi connectivity index (χ1) is 9.81. The lowest BCUT2D eigenvalue weighted by Gasteiger charge is -2.16. The van der Waals surface area contributed by atoms with Gasteiger partial charge >= 0.3 is 5.97 Å². The van der Waals surface area contributed by atoms with Crippen molar-refractivity contribution in [2.75, 3.05) is 0 Å². The zero-order valence-corrected chi connectivity index (χ0v) is 11.2. The Balaban J connectivity index is 2.15. The van der Waals surface area contributed by atoms with E-state index in [2.05, 4.69) is 6.92 Å². The van der Waals surface area contributed by atoms with E-state index in [4.69, 9.17) is 9.78 Å². The van der Waals surface area contributed by atoms with Crippen LogP contribution < -0.4 is 0 Å². The first-order valence-corrected chi connectivity index (χ1v) is 6.56. The van der Waals surface area contributed by atoms with E-state index < -0.39 is 12.1 Å². The molecule has 0 aromatic heterocycles. The van der Waals surface area contributed by atoms with E-state index in [-0.39, 0.29) is 6.42 Å². The van der Waals surface area contributed by atoms with Crippen LogP contribution >= 0.6 is 0 Å². The quantitative estimate of drug-likeness (QED) is 0.590. The van der Waals surface area contributed by atoms with E-state index in [1.165, 1.54) is 0 Å². The summed E-state index contributed by atoms with van der Waals surface area (Å²) in [6, 6.07) is 19.3. The SMILES string of the molecule is [CH2]CCC(=O)OOC(c1ccccc1)c1ccccc1. The van der Waals surface area contributed by atoms with Crippen molar-refractivity contribution in [1.29, 1.82) is 0 Å². The van der Waals surface area contributed by atoms with Crippen molar-refractivity contribution >= 4 is 5.97 Å². The van der Waals surface area contributed by atoms with Crippen molar-refractivity contribution in [2.24, 2.45) is 0 Å². The molecule has 3 nitrogen and oxygen atoms in total. The molecule has 0 amide bonds. The average molecular weight is 269 g/mol. The molecule has 0 N–H and O–H groups in total. The highest BCUT2D eigenvalue weighted by atomic mass is 17.2. The number of benzene rings is 2. The standard InChI is InChI=1S/C17H17O3/c1-2-9-16(18)19-20-17(14-10-5-3-6-11-14)15-12-7-4-8-13-15/h3-8,10-13,17H,1-2,9H2. The maximum atomic E-state index is 11.4. The number of carbonyl (C=O) groups excluding carboxylic acids is 1. The van der Waals surface area contributed by atoms with Crippen molar-refractivity contribution < 1.29 is 14.6 Å². The third-order valence-electron chi connectivity index (χ3n) is 2.82. The molecule has 0 fully saturated rings. The predicted molar refractivity (Wildman–Crippen MR) is 76.5 cm³/mol. The molecule has 0 spiro atoms. The van der Waals surface area contributed by atoms with E-state index in [0.717, 1.165) is 11.1 Å². The van der Waals surface area contributed by atoms with Gasteiger partial charge < -0.3 is 0 Å². The lowest BCUT2D eigenvalue weighted by molar-refractivity contribution is -0.292. The van der Waals surface area contributed by atoms with Crippen molar-refractivity contribution in [1.82, 2.24) is 0 Å². The van der Waals surface area contributed by atoms with E-state index in [1.54, 1.807) is 0 Å². The van der Waals surface area contributed by atoms with Crippen LogP contribution in [-0.4, -0.2) is 5.97 Å². The minimum Gasteiger partial charge on any atom is -0.297 e. The largest absolute Gasteiger partial charge is 0.342 e. The molecule has 3 heteroatoms. The fourth-order valence-electron chi connectivity index (χ4n) is 1.85. The lowest BCUT2D eigenvalue weighted by Crippen LogP contribution is -2.11. The Morgan fingerprint density at radius 1 is 0.950 bits per heavy atom. The topological polar surface area (TPSA) is 35.5 Å². The third-order valence-corrected chi connectivity index (χ3v) is 2.82. The highest BCUT2D eigenvalue weighted by molar-refractivity contribution is 5.68. The summed E-state index contributed by atoms with van der Waals surface area (Å²) >= 11 is 0. The zero-order chi connectivity index (χ0) is 14.2. The number of hydrogen-bond donors (Lipinski definition) is 0. The van der Waals surface area contributed by atoms with Crippen LogP contribution in [0.4, 0.5) is 0 Å². The second-order valence-electron chi connectivity index (χ2n) is 4.36. The lowest BCUT2D eigenvalue weighted by atomic mass is 10.0. The van der Waals surface area contributed by atoms with Gasteiger partial charge in [0.2, 0.25) is 0 Å². The van der Waals surface area contributed by atoms with E-state index >= 15 is 0 Å². The maximum absolute atomic E-state index is 11.4. The second-order valence-corrected chi connectivity index (χ2v) is 4.36. The fourth-order valence-corrected chi connectivity index (χ4v) is 1.85. The summed E-state index contributed by atoms with van der Waals surface area (Å²) in [4.78, 5) is 21.6. The molecule has 103 valence electrons. The molecule has 0 unspecified atom stereocenters. The normalized spacial score (nSPS) is 10.5. The first-order valence-electron chi connectivity index (χ1n) is 6.56. The molecule has 0 heterocycles. The van der Waals surface area contributed by atoms with Crippen molar-refractivity contribution in [3.05, 3.63) is 78.7 Å². The van der Waals surface area contributed by atoms with Gasteiger partial charge in [0.1, 0.15) is 0 Å². The maximum Gasteiger partial charge on any atom is 0.342 e. The number of rotatable bonds is 6. The molecule has 2 aromatic rings. The molecule has 0 aliphatic carbocycles. The van der Waals surface area contributed by atoms with E-state index in [1.807, 2.05) is 60.7 Å². The van der Waals surface area contributed by atoms with Crippen LogP contribution in [0, 0.1) is 6.92 Å². The summed E-state index contributed by atoms with van der Waals surface area (Å²) in [6.45, 7) is 3.61. The van der Waals surface area contributed by atoms with Crippen LogP contribution in [0.25, 0.3) is 0 Å². The van der Waals surface area contributed by atoms with Gasteiger partial charge in [0, 0.05) is 6.42 Å². The summed E-state index contributed by atoms with van der Waals surface area (Å²) in [5.41, 5.74) is 1.86. The van der Waals surface area contributed by atoms with Gasteiger partial charge in [0.05, 0.1) is 0 Å². The highest BCUT2D eigenvalue weighted by Crippen LogP contribution is 2.26. The van der Waals surface area contributed by atoms with Gasteiger partial charge in [-0.25, -0.2) is 4.79 Å². The van der Waals surface area contributed by atoms with Crippen molar-refractivity contribution in [3.8, 4) is 0 Å². The fraction of sp³-hybridized carbons (Fsp3) is 0.176. The molecule has 0 aliphatic rings. The van der Waals surface area contributed by atoms with Crippen LogP contribution in [0.1, 0.15) is 30.1 Å². The molecule has 0 aliphatic heterocycles. The Bertz CT molecular complexity index is 483. The van der Waals surface area contributed by atoms with Gasteiger partial charge in [-0.15, -0.1) is 0 Å². The molecule has 20 heavy (non-hydrogen) atoms. The first kappa shape index (κ1) is 14.3. The zero-order valence-electron chi connectivity index (χ0n) is 11.2. The molecular weight excluding hydrogens is 252 g/mol.